The van der Waals surface area contributed by atoms with Crippen molar-refractivity contribution in [3.63, 3.8) is 0 Å². The molecule has 0 amide bonds. The molecule has 0 saturated carbocycles. The third-order valence-corrected chi connectivity index (χ3v) is 19.2. The minimum atomic E-state index is -5.01. The van der Waals surface area contributed by atoms with E-state index in [2.05, 4.69) is 149 Å². The Labute approximate surface area is 656 Å². The Morgan fingerprint density at radius 1 is 0.278 bits per heavy atom. The molecule has 0 spiro atoms. The molecule has 0 bridgehead atoms. The number of aliphatic hydroxyl groups excluding tert-OH is 1. The Hall–Kier alpha value is -5.06. The second-order valence-corrected chi connectivity index (χ2v) is 30.6. The van der Waals surface area contributed by atoms with Crippen LogP contribution in [-0.2, 0) is 65.4 Å². The van der Waals surface area contributed by atoms with E-state index in [9.17, 15) is 43.2 Å². The van der Waals surface area contributed by atoms with Crippen LogP contribution in [0.2, 0.25) is 0 Å². The molecule has 0 aliphatic rings. The van der Waals surface area contributed by atoms with Crippen LogP contribution >= 0.6 is 15.6 Å². The van der Waals surface area contributed by atoms with Gasteiger partial charge in [0.25, 0.3) is 0 Å². The minimum Gasteiger partial charge on any atom is -0.462 e. The summed E-state index contributed by atoms with van der Waals surface area (Å²) in [5.41, 5.74) is 0. The summed E-state index contributed by atoms with van der Waals surface area (Å²) in [7, 11) is -10.0. The smallest absolute Gasteiger partial charge is 0.462 e. The van der Waals surface area contributed by atoms with Crippen LogP contribution in [0.4, 0.5) is 0 Å². The van der Waals surface area contributed by atoms with Crippen LogP contribution in [0.5, 0.6) is 0 Å². The van der Waals surface area contributed by atoms with E-state index in [4.69, 9.17) is 37.0 Å². The number of hydrogen-bond acceptors (Lipinski definition) is 15. The van der Waals surface area contributed by atoms with Gasteiger partial charge in [-0.1, -0.05) is 328 Å². The molecule has 5 atom stereocenters. The lowest BCUT2D eigenvalue weighted by atomic mass is 10.0. The summed E-state index contributed by atoms with van der Waals surface area (Å²) in [5, 5.41) is 10.7. The molecule has 0 saturated heterocycles. The predicted octanol–water partition coefficient (Wildman–Crippen LogP) is 25.0. The van der Waals surface area contributed by atoms with Gasteiger partial charge < -0.3 is 33.8 Å². The monoisotopic (exact) mass is 1550 g/mol. The van der Waals surface area contributed by atoms with Crippen LogP contribution in [0.3, 0.4) is 0 Å². The van der Waals surface area contributed by atoms with Crippen molar-refractivity contribution >= 4 is 39.5 Å². The van der Waals surface area contributed by atoms with Crippen LogP contribution in [-0.4, -0.2) is 96.7 Å². The zero-order valence-corrected chi connectivity index (χ0v) is 69.5. The number of phosphoric acid groups is 2. The fourth-order valence-electron chi connectivity index (χ4n) is 11.0. The molecule has 0 rings (SSSR count). The van der Waals surface area contributed by atoms with Crippen LogP contribution in [0.25, 0.3) is 0 Å². The van der Waals surface area contributed by atoms with E-state index in [1.807, 2.05) is 12.2 Å². The van der Waals surface area contributed by atoms with E-state index in [1.54, 1.807) is 12.2 Å². The second-order valence-electron chi connectivity index (χ2n) is 27.7. The summed E-state index contributed by atoms with van der Waals surface area (Å²) < 4.78 is 68.6. The Kier molecular flexibility index (Phi) is 76.3. The Bertz CT molecular complexity index is 2610. The van der Waals surface area contributed by atoms with E-state index in [-0.39, 0.29) is 25.7 Å². The Morgan fingerprint density at radius 3 is 0.843 bits per heavy atom. The minimum absolute atomic E-state index is 0.0898. The number of rotatable bonds is 78. The topological polar surface area (TPSA) is 237 Å². The summed E-state index contributed by atoms with van der Waals surface area (Å²) in [6.07, 6.45) is 92.7. The molecule has 0 heterocycles. The highest BCUT2D eigenvalue weighted by atomic mass is 31.2. The second kappa shape index (κ2) is 80.0. The van der Waals surface area contributed by atoms with Gasteiger partial charge in [0.15, 0.2) is 12.2 Å². The molecule has 3 N–H and O–H groups in total. The predicted molar refractivity (Wildman–Crippen MR) is 445 cm³/mol. The van der Waals surface area contributed by atoms with E-state index in [0.717, 1.165) is 173 Å². The number of unbranched alkanes of at least 4 members (excludes halogenated alkanes) is 29. The van der Waals surface area contributed by atoms with Gasteiger partial charge in [-0.2, -0.15) is 0 Å². The van der Waals surface area contributed by atoms with Crippen molar-refractivity contribution in [2.45, 2.75) is 354 Å². The van der Waals surface area contributed by atoms with Gasteiger partial charge in [-0.3, -0.25) is 37.3 Å². The van der Waals surface area contributed by atoms with Gasteiger partial charge in [0.05, 0.1) is 32.8 Å². The van der Waals surface area contributed by atoms with Gasteiger partial charge in [0.2, 0.25) is 0 Å². The lowest BCUT2D eigenvalue weighted by Crippen LogP contribution is -2.30. The third-order valence-electron chi connectivity index (χ3n) is 17.3. The van der Waals surface area contributed by atoms with E-state index in [0.29, 0.717) is 25.7 Å². The van der Waals surface area contributed by atoms with E-state index in [1.165, 1.54) is 83.5 Å². The van der Waals surface area contributed by atoms with Crippen molar-refractivity contribution in [2.75, 3.05) is 39.6 Å². The maximum absolute atomic E-state index is 13.1. The van der Waals surface area contributed by atoms with Crippen LogP contribution < -0.4 is 0 Å². The number of phosphoric ester groups is 2. The first-order valence-corrected chi connectivity index (χ1v) is 45.1. The van der Waals surface area contributed by atoms with Gasteiger partial charge >= 0.3 is 39.5 Å². The molecule has 0 aromatic carbocycles. The highest BCUT2D eigenvalue weighted by molar-refractivity contribution is 7.47. The molecular formula is C89H150O17P2. The molecule has 17 nitrogen and oxygen atoms in total. The number of aliphatic hydroxyl groups is 1. The Morgan fingerprint density at radius 2 is 0.519 bits per heavy atom. The highest BCUT2D eigenvalue weighted by Gasteiger charge is 2.30. The van der Waals surface area contributed by atoms with E-state index >= 15 is 0 Å². The highest BCUT2D eigenvalue weighted by Crippen LogP contribution is 2.45. The first-order valence-electron chi connectivity index (χ1n) is 42.1. The number of hydrogen-bond donors (Lipinski definition) is 3. The molecule has 0 radical (unpaired) electrons. The van der Waals surface area contributed by atoms with Gasteiger partial charge in [0.1, 0.15) is 19.3 Å². The molecule has 5 unspecified atom stereocenters. The molecule has 108 heavy (non-hydrogen) atoms. The molecule has 618 valence electrons. The zero-order chi connectivity index (χ0) is 78.9. The third kappa shape index (κ3) is 79.0. The van der Waals surface area contributed by atoms with Crippen molar-refractivity contribution in [3.05, 3.63) is 146 Å². The standard InChI is InChI=1S/C89H150O17P2/c1-5-9-13-17-21-25-29-33-37-39-41-43-47-49-53-57-61-65-69-73-86(91)99-79-84(105-88(93)75-71-67-63-59-55-51-45-35-31-27-23-19-15-11-7-3)81-103-107(95,96)101-77-83(90)78-102-108(97,98)104-82-85(106-89(94)76-72-68-64-60-56-52-46-36-32-28-24-20-16-12-8-4)80-100-87(92)74-70-66-62-58-54-50-48-44-42-40-38-34-30-26-22-18-14-10-6-2/h9,11,13,15,21-23,25-27,33-35,37-38,41-45,55,59,67,71,83-85,90H,5-8,10,12,14,16-20,24,28-32,36,39-40,46-54,56-58,60-66,68-70,72-82H2,1-4H3,(H,95,96)(H,97,98)/b13-9-,15-11-,25-21-,26-22-,27-23-,37-33-,38-34-,43-41-,44-42-,45-35-,59-55-,71-67-. The van der Waals surface area contributed by atoms with Crippen molar-refractivity contribution in [2.24, 2.45) is 0 Å². The zero-order valence-electron chi connectivity index (χ0n) is 67.7. The van der Waals surface area contributed by atoms with E-state index < -0.39 is 97.5 Å². The maximum Gasteiger partial charge on any atom is 0.472 e. The van der Waals surface area contributed by atoms with Crippen LogP contribution in [0.15, 0.2) is 146 Å². The van der Waals surface area contributed by atoms with Gasteiger partial charge in [0, 0.05) is 19.3 Å². The number of ether oxygens (including phenoxy) is 4. The lowest BCUT2D eigenvalue weighted by Gasteiger charge is -2.21. The van der Waals surface area contributed by atoms with Crippen LogP contribution in [0.1, 0.15) is 336 Å². The number of allylic oxidation sites excluding steroid dienone is 23. The van der Waals surface area contributed by atoms with Crippen molar-refractivity contribution < 1.29 is 80.2 Å². The van der Waals surface area contributed by atoms with Gasteiger partial charge in [-0.05, 0) is 128 Å². The van der Waals surface area contributed by atoms with Gasteiger partial charge in [-0.25, -0.2) is 9.13 Å². The summed E-state index contributed by atoms with van der Waals surface area (Å²) in [5.74, 6) is -2.35. The lowest BCUT2D eigenvalue weighted by molar-refractivity contribution is -0.161. The molecule has 0 aliphatic carbocycles. The molecule has 0 fully saturated rings. The summed E-state index contributed by atoms with van der Waals surface area (Å²) in [6, 6.07) is 0. The molecule has 0 aliphatic heterocycles. The van der Waals surface area contributed by atoms with Crippen LogP contribution in [0, 0.1) is 0 Å². The van der Waals surface area contributed by atoms with Crippen molar-refractivity contribution in [1.29, 1.82) is 0 Å². The largest absolute Gasteiger partial charge is 0.472 e. The average Bonchev–Trinajstić information content (AvgIpc) is 0.907. The number of esters is 4. The molecule has 0 aromatic heterocycles. The molecule has 0 aromatic rings. The summed E-state index contributed by atoms with van der Waals surface area (Å²) in [6.45, 7) is 4.51. The fraction of sp³-hybridized carbons (Fsp3) is 0.685. The summed E-state index contributed by atoms with van der Waals surface area (Å²) in [4.78, 5) is 73.1. The SMILES string of the molecule is CC/C=C\C/C=C\C/C=C\C/C=C\C/C=C\CC(=O)OC(COC(=O)CCCCCCCC/C=C\C/C=C\C/C=C\C/C=C\CC)COP(=O)(O)OCC(O)COP(=O)(O)OCC(COC(=O)CCCCCCCC/C=C\C/C=C\C/C=C\CCCCC)OC(=O)CCCCCCCCCCCCCCCCC. The first-order chi connectivity index (χ1) is 52.7. The number of carbonyl (C=O) groups is 4. The normalized spacial score (nSPS) is 14.5. The fourth-order valence-corrected chi connectivity index (χ4v) is 12.6. The molecular weight excluding hydrogens is 1400 g/mol. The maximum atomic E-state index is 13.1. The van der Waals surface area contributed by atoms with Gasteiger partial charge in [-0.15, -0.1) is 0 Å². The first kappa shape index (κ1) is 103. The molecule has 19 heteroatoms. The van der Waals surface area contributed by atoms with Crippen molar-refractivity contribution in [3.8, 4) is 0 Å². The Balaban J connectivity index is 5.43. The quantitative estimate of drug-likeness (QED) is 0.0169. The average molecular weight is 1550 g/mol. The summed E-state index contributed by atoms with van der Waals surface area (Å²) >= 11 is 0. The number of carbonyl (C=O) groups excluding carboxylic acids is 4. The van der Waals surface area contributed by atoms with Crippen molar-refractivity contribution in [1.82, 2.24) is 0 Å².